The molecule has 4 saturated carbocycles. The molecule has 1 spiro atoms. The van der Waals surface area contributed by atoms with Crippen molar-refractivity contribution in [2.45, 2.75) is 57.5 Å². The fourth-order valence-corrected chi connectivity index (χ4v) is 7.68. The fraction of sp³-hybridized carbons (Fsp3) is 0.789. The number of esters is 1. The summed E-state index contributed by atoms with van der Waals surface area (Å²) in [6.07, 6.45) is 6.24. The lowest BCUT2D eigenvalue weighted by Crippen LogP contribution is -2.49. The molecule has 5 rings (SSSR count). The second-order valence-electron chi connectivity index (χ2n) is 8.99. The van der Waals surface area contributed by atoms with Gasteiger partial charge in [-0.2, -0.15) is 0 Å². The zero-order chi connectivity index (χ0) is 16.2. The number of carbonyl (C=O) groups excluding carboxylic acids is 2. The lowest BCUT2D eigenvalue weighted by molar-refractivity contribution is -0.318. The molecule has 0 amide bonds. The molecular formula is C19H23O4-. The van der Waals surface area contributed by atoms with Crippen molar-refractivity contribution in [3.8, 4) is 0 Å². The molecule has 124 valence electrons. The standard InChI is InChI=1S/C19H24O4/c1-10-8-18-9-11(10)4-5-12(18)19-7-3-6-17(2,16(22)23-19)14(19)13(18)15(20)21/h11-14H,1,3-9H2,2H3,(H,20,21)/p-1/t11-,12-,13-,14-,17+,18+,19-/m1/s1. The minimum Gasteiger partial charge on any atom is -0.550 e. The Hall–Kier alpha value is -1.32. The highest BCUT2D eigenvalue weighted by Crippen LogP contribution is 2.77. The van der Waals surface area contributed by atoms with E-state index in [4.69, 9.17) is 4.74 Å². The maximum atomic E-state index is 12.6. The van der Waals surface area contributed by atoms with Crippen molar-refractivity contribution in [2.75, 3.05) is 0 Å². The van der Waals surface area contributed by atoms with E-state index in [-0.39, 0.29) is 23.2 Å². The van der Waals surface area contributed by atoms with Gasteiger partial charge in [-0.1, -0.05) is 12.2 Å². The molecule has 0 aromatic heterocycles. The summed E-state index contributed by atoms with van der Waals surface area (Å²) in [7, 11) is 0. The number of rotatable bonds is 1. The molecular weight excluding hydrogens is 292 g/mol. The smallest absolute Gasteiger partial charge is 0.312 e. The Bertz CT molecular complexity index is 654. The van der Waals surface area contributed by atoms with E-state index in [1.165, 1.54) is 5.57 Å². The van der Waals surface area contributed by atoms with Gasteiger partial charge in [-0.15, -0.1) is 0 Å². The summed E-state index contributed by atoms with van der Waals surface area (Å²) in [6.45, 7) is 6.17. The van der Waals surface area contributed by atoms with Crippen LogP contribution in [-0.4, -0.2) is 17.5 Å². The number of carboxylic acids is 1. The predicted molar refractivity (Wildman–Crippen MR) is 79.8 cm³/mol. The molecule has 1 aliphatic heterocycles. The van der Waals surface area contributed by atoms with Gasteiger partial charge in [0.05, 0.1) is 5.41 Å². The monoisotopic (exact) mass is 315 g/mol. The number of allylic oxidation sites excluding steroid dienone is 1. The number of aliphatic carboxylic acids is 1. The first kappa shape index (κ1) is 14.1. The second-order valence-corrected chi connectivity index (χ2v) is 8.99. The summed E-state index contributed by atoms with van der Waals surface area (Å²) in [5.74, 6) is -1.29. The van der Waals surface area contributed by atoms with Crippen LogP contribution in [0, 0.1) is 34.5 Å². The van der Waals surface area contributed by atoms with Crippen molar-refractivity contribution < 1.29 is 19.4 Å². The maximum absolute atomic E-state index is 12.6. The van der Waals surface area contributed by atoms with Crippen molar-refractivity contribution in [2.24, 2.45) is 34.5 Å². The summed E-state index contributed by atoms with van der Waals surface area (Å²) in [4.78, 5) is 24.9. The third-order valence-corrected chi connectivity index (χ3v) is 8.28. The van der Waals surface area contributed by atoms with Crippen LogP contribution in [0.5, 0.6) is 0 Å². The first-order chi connectivity index (χ1) is 10.9. The average Bonchev–Trinajstić information content (AvgIpc) is 2.92. The lowest BCUT2D eigenvalue weighted by Gasteiger charge is -2.44. The van der Waals surface area contributed by atoms with Gasteiger partial charge >= 0.3 is 5.97 Å². The summed E-state index contributed by atoms with van der Waals surface area (Å²) in [5, 5.41) is 12.3. The van der Waals surface area contributed by atoms with E-state index < -0.39 is 22.9 Å². The Balaban J connectivity index is 1.75. The Morgan fingerprint density at radius 3 is 2.87 bits per heavy atom. The van der Waals surface area contributed by atoms with Crippen LogP contribution in [0.1, 0.15) is 51.9 Å². The molecule has 1 heterocycles. The van der Waals surface area contributed by atoms with Gasteiger partial charge < -0.3 is 14.6 Å². The minimum atomic E-state index is -0.969. The summed E-state index contributed by atoms with van der Waals surface area (Å²) in [5.41, 5.74) is -0.268. The van der Waals surface area contributed by atoms with Crippen LogP contribution in [0.25, 0.3) is 0 Å². The number of hydrogen-bond donors (Lipinski definition) is 0. The Kier molecular flexibility index (Phi) is 2.35. The van der Waals surface area contributed by atoms with Gasteiger partial charge in [-0.3, -0.25) is 4.79 Å². The molecule has 1 saturated heterocycles. The molecule has 5 aliphatic rings. The summed E-state index contributed by atoms with van der Waals surface area (Å²) >= 11 is 0. The Morgan fingerprint density at radius 2 is 2.13 bits per heavy atom. The minimum absolute atomic E-state index is 0.167. The van der Waals surface area contributed by atoms with Crippen LogP contribution in [-0.2, 0) is 14.3 Å². The number of hydrogen-bond acceptors (Lipinski definition) is 4. The predicted octanol–water partition coefficient (Wildman–Crippen LogP) is 1.83. The quantitative estimate of drug-likeness (QED) is 0.547. The average molecular weight is 315 g/mol. The van der Waals surface area contributed by atoms with Gasteiger partial charge in [0, 0.05) is 23.7 Å². The van der Waals surface area contributed by atoms with Gasteiger partial charge in [0.15, 0.2) is 0 Å². The zero-order valence-electron chi connectivity index (χ0n) is 13.6. The molecule has 23 heavy (non-hydrogen) atoms. The molecule has 0 radical (unpaired) electrons. The van der Waals surface area contributed by atoms with Crippen molar-refractivity contribution in [1.29, 1.82) is 0 Å². The largest absolute Gasteiger partial charge is 0.550 e. The molecule has 7 atom stereocenters. The Labute approximate surface area is 136 Å². The van der Waals surface area contributed by atoms with Gasteiger partial charge in [-0.25, -0.2) is 0 Å². The molecule has 0 N–H and O–H groups in total. The van der Waals surface area contributed by atoms with Gasteiger partial charge in [0.2, 0.25) is 0 Å². The van der Waals surface area contributed by atoms with E-state index in [1.807, 2.05) is 6.92 Å². The van der Waals surface area contributed by atoms with Crippen LogP contribution in [0.2, 0.25) is 0 Å². The van der Waals surface area contributed by atoms with Gasteiger partial charge in [0.25, 0.3) is 0 Å². The number of ether oxygens (including phenoxy) is 1. The SMILES string of the molecule is C=C1C[C@]23C[C@H]1CC[C@H]2[C@@]12CCC[C@](C)(C(=O)O1)[C@H]2[C@@H]3C(=O)[O-]. The molecule has 0 aromatic carbocycles. The highest BCUT2D eigenvalue weighted by Gasteiger charge is 2.80. The zero-order valence-corrected chi connectivity index (χ0v) is 13.6. The first-order valence-corrected chi connectivity index (χ1v) is 8.97. The number of carbonyl (C=O) groups is 2. The molecule has 0 aromatic rings. The van der Waals surface area contributed by atoms with Crippen molar-refractivity contribution in [3.05, 3.63) is 12.2 Å². The highest BCUT2D eigenvalue weighted by molar-refractivity contribution is 5.84. The number of fused-ring (bicyclic) bond motifs is 1. The molecule has 5 fully saturated rings. The van der Waals surface area contributed by atoms with E-state index in [0.29, 0.717) is 5.92 Å². The molecule has 4 heteroatoms. The Morgan fingerprint density at radius 1 is 1.35 bits per heavy atom. The fourth-order valence-electron chi connectivity index (χ4n) is 7.68. The van der Waals surface area contributed by atoms with E-state index in [1.54, 1.807) is 0 Å². The van der Waals surface area contributed by atoms with Gasteiger partial charge in [0.1, 0.15) is 5.60 Å². The third kappa shape index (κ3) is 1.29. The maximum Gasteiger partial charge on any atom is 0.312 e. The van der Waals surface area contributed by atoms with E-state index in [0.717, 1.165) is 44.9 Å². The molecule has 0 unspecified atom stereocenters. The van der Waals surface area contributed by atoms with Crippen LogP contribution in [0.15, 0.2) is 12.2 Å². The van der Waals surface area contributed by atoms with Crippen molar-refractivity contribution in [3.63, 3.8) is 0 Å². The van der Waals surface area contributed by atoms with E-state index in [9.17, 15) is 14.7 Å². The first-order valence-electron chi connectivity index (χ1n) is 8.97. The molecule has 4 aliphatic carbocycles. The van der Waals surface area contributed by atoms with Crippen molar-refractivity contribution >= 4 is 11.9 Å². The molecule has 4 nitrogen and oxygen atoms in total. The van der Waals surface area contributed by atoms with E-state index >= 15 is 0 Å². The van der Waals surface area contributed by atoms with Crippen LogP contribution < -0.4 is 5.11 Å². The van der Waals surface area contributed by atoms with Crippen molar-refractivity contribution in [1.82, 2.24) is 0 Å². The van der Waals surface area contributed by atoms with Gasteiger partial charge in [-0.05, 0) is 63.2 Å². The number of carboxylic acid groups (broad SMARTS) is 1. The molecule has 4 bridgehead atoms. The highest BCUT2D eigenvalue weighted by atomic mass is 16.6. The second kappa shape index (κ2) is 3.84. The topological polar surface area (TPSA) is 66.4 Å². The third-order valence-electron chi connectivity index (χ3n) is 8.28. The normalized spacial score (nSPS) is 56.2. The summed E-state index contributed by atoms with van der Waals surface area (Å²) < 4.78 is 6.07. The van der Waals surface area contributed by atoms with E-state index in [2.05, 4.69) is 6.58 Å². The summed E-state index contributed by atoms with van der Waals surface area (Å²) in [6, 6.07) is 0. The lowest BCUT2D eigenvalue weighted by atomic mass is 9.60. The van der Waals surface area contributed by atoms with Crippen LogP contribution in [0.4, 0.5) is 0 Å². The van der Waals surface area contributed by atoms with Crippen LogP contribution in [0.3, 0.4) is 0 Å². The van der Waals surface area contributed by atoms with Crippen LogP contribution >= 0.6 is 0 Å².